The topological polar surface area (TPSA) is 38.7 Å². The standard InChI is InChI=1S/C10H15F3O3/c11-10(12,13)7-16-5-3-9(14)8-2-1-4-15-6-8/h6,9,14H,1-5,7H2. The first kappa shape index (κ1) is 13.3. The summed E-state index contributed by atoms with van der Waals surface area (Å²) in [5.74, 6) is 0. The van der Waals surface area contributed by atoms with E-state index in [9.17, 15) is 18.3 Å². The summed E-state index contributed by atoms with van der Waals surface area (Å²) in [6.07, 6.45) is -1.89. The molecule has 0 bridgehead atoms. The van der Waals surface area contributed by atoms with Gasteiger partial charge in [0.25, 0.3) is 0 Å². The molecule has 0 spiro atoms. The van der Waals surface area contributed by atoms with E-state index in [1.54, 1.807) is 0 Å². The minimum absolute atomic E-state index is 0.113. The maximum Gasteiger partial charge on any atom is 0.411 e. The molecule has 1 aliphatic heterocycles. The Morgan fingerprint density at radius 2 is 2.25 bits per heavy atom. The van der Waals surface area contributed by atoms with Crippen LogP contribution in [-0.2, 0) is 9.47 Å². The van der Waals surface area contributed by atoms with Crippen LogP contribution in [-0.4, -0.2) is 37.2 Å². The van der Waals surface area contributed by atoms with Gasteiger partial charge in [-0.3, -0.25) is 0 Å². The fourth-order valence-electron chi connectivity index (χ4n) is 1.40. The van der Waals surface area contributed by atoms with Crippen molar-refractivity contribution >= 4 is 0 Å². The Hall–Kier alpha value is -0.750. The van der Waals surface area contributed by atoms with Gasteiger partial charge in [0.1, 0.15) is 6.61 Å². The maximum atomic E-state index is 11.7. The molecular formula is C10H15F3O3. The first-order chi connectivity index (χ1) is 7.49. The molecule has 0 aromatic heterocycles. The molecule has 0 saturated heterocycles. The third-order valence-corrected chi connectivity index (χ3v) is 2.19. The minimum Gasteiger partial charge on any atom is -0.501 e. The van der Waals surface area contributed by atoms with E-state index in [-0.39, 0.29) is 13.0 Å². The van der Waals surface area contributed by atoms with Gasteiger partial charge in [0.2, 0.25) is 0 Å². The van der Waals surface area contributed by atoms with Gasteiger partial charge >= 0.3 is 6.18 Å². The Balaban J connectivity index is 2.15. The normalized spacial score (nSPS) is 18.9. The van der Waals surface area contributed by atoms with E-state index < -0.39 is 18.9 Å². The highest BCUT2D eigenvalue weighted by Crippen LogP contribution is 2.18. The van der Waals surface area contributed by atoms with Crippen LogP contribution < -0.4 is 0 Å². The Morgan fingerprint density at radius 1 is 1.50 bits per heavy atom. The first-order valence-corrected chi connectivity index (χ1v) is 5.12. The van der Waals surface area contributed by atoms with E-state index in [4.69, 9.17) is 4.74 Å². The number of alkyl halides is 3. The number of hydrogen-bond donors (Lipinski definition) is 1. The monoisotopic (exact) mass is 240 g/mol. The molecule has 6 heteroatoms. The van der Waals surface area contributed by atoms with Crippen LogP contribution in [0.1, 0.15) is 19.3 Å². The molecule has 1 heterocycles. The zero-order chi connectivity index (χ0) is 12.0. The second-order valence-corrected chi connectivity index (χ2v) is 3.64. The van der Waals surface area contributed by atoms with Crippen LogP contribution in [0.25, 0.3) is 0 Å². The fourth-order valence-corrected chi connectivity index (χ4v) is 1.40. The largest absolute Gasteiger partial charge is 0.501 e. The summed E-state index contributed by atoms with van der Waals surface area (Å²) in [5.41, 5.74) is 0.724. The van der Waals surface area contributed by atoms with E-state index in [1.165, 1.54) is 6.26 Å². The number of hydrogen-bond acceptors (Lipinski definition) is 3. The third-order valence-electron chi connectivity index (χ3n) is 2.19. The Labute approximate surface area is 91.8 Å². The SMILES string of the molecule is OC(CCOCC(F)(F)F)C1=COCCC1. The van der Waals surface area contributed by atoms with E-state index in [0.29, 0.717) is 6.61 Å². The average Bonchev–Trinajstić information content (AvgIpc) is 2.24. The van der Waals surface area contributed by atoms with Gasteiger partial charge in [-0.25, -0.2) is 0 Å². The molecular weight excluding hydrogens is 225 g/mol. The van der Waals surface area contributed by atoms with E-state index in [2.05, 4.69) is 4.74 Å². The van der Waals surface area contributed by atoms with Gasteiger partial charge in [-0.05, 0) is 18.4 Å². The Bertz CT molecular complexity index is 238. The lowest BCUT2D eigenvalue weighted by Gasteiger charge is -2.18. The van der Waals surface area contributed by atoms with Crippen molar-refractivity contribution in [3.8, 4) is 0 Å². The lowest BCUT2D eigenvalue weighted by Crippen LogP contribution is -2.21. The zero-order valence-corrected chi connectivity index (χ0v) is 8.79. The first-order valence-electron chi connectivity index (χ1n) is 5.12. The van der Waals surface area contributed by atoms with Crippen molar-refractivity contribution in [3.05, 3.63) is 11.8 Å². The van der Waals surface area contributed by atoms with Crippen LogP contribution in [0.5, 0.6) is 0 Å². The molecule has 0 amide bonds. The molecule has 3 nitrogen and oxygen atoms in total. The molecule has 1 unspecified atom stereocenters. The Morgan fingerprint density at radius 3 is 2.81 bits per heavy atom. The molecule has 0 radical (unpaired) electrons. The van der Waals surface area contributed by atoms with Gasteiger partial charge < -0.3 is 14.6 Å². The lowest BCUT2D eigenvalue weighted by molar-refractivity contribution is -0.174. The highest BCUT2D eigenvalue weighted by atomic mass is 19.4. The molecule has 0 aromatic carbocycles. The van der Waals surface area contributed by atoms with Crippen molar-refractivity contribution in [1.29, 1.82) is 0 Å². The van der Waals surface area contributed by atoms with Crippen molar-refractivity contribution in [2.45, 2.75) is 31.5 Å². The van der Waals surface area contributed by atoms with Crippen LogP contribution in [0, 0.1) is 0 Å². The summed E-state index contributed by atoms with van der Waals surface area (Å²) in [6, 6.07) is 0. The van der Waals surface area contributed by atoms with Gasteiger partial charge in [-0.15, -0.1) is 0 Å². The Kier molecular flexibility index (Phi) is 5.08. The van der Waals surface area contributed by atoms with Gasteiger partial charge in [0.15, 0.2) is 0 Å². The maximum absolute atomic E-state index is 11.7. The number of aliphatic hydroxyl groups is 1. The van der Waals surface area contributed by atoms with Gasteiger partial charge in [0, 0.05) is 13.0 Å². The summed E-state index contributed by atoms with van der Waals surface area (Å²) in [7, 11) is 0. The van der Waals surface area contributed by atoms with Crippen LogP contribution in [0.2, 0.25) is 0 Å². The number of halogens is 3. The summed E-state index contributed by atoms with van der Waals surface area (Å²) in [5, 5.41) is 9.59. The molecule has 0 aromatic rings. The van der Waals surface area contributed by atoms with E-state index >= 15 is 0 Å². The molecule has 94 valence electrons. The number of ether oxygens (including phenoxy) is 2. The van der Waals surface area contributed by atoms with Crippen molar-refractivity contribution in [2.75, 3.05) is 19.8 Å². The molecule has 0 aliphatic carbocycles. The van der Waals surface area contributed by atoms with E-state index in [1.807, 2.05) is 0 Å². The minimum atomic E-state index is -4.31. The van der Waals surface area contributed by atoms with E-state index in [0.717, 1.165) is 18.4 Å². The third kappa shape index (κ3) is 5.37. The van der Waals surface area contributed by atoms with Crippen LogP contribution >= 0.6 is 0 Å². The molecule has 1 atom stereocenters. The van der Waals surface area contributed by atoms with Gasteiger partial charge in [-0.1, -0.05) is 0 Å². The van der Waals surface area contributed by atoms with Crippen LogP contribution in [0.15, 0.2) is 11.8 Å². The second kappa shape index (κ2) is 6.10. The smallest absolute Gasteiger partial charge is 0.411 e. The molecule has 1 rings (SSSR count). The highest BCUT2D eigenvalue weighted by molar-refractivity contribution is 5.06. The van der Waals surface area contributed by atoms with Gasteiger partial charge in [-0.2, -0.15) is 13.2 Å². The summed E-state index contributed by atoms with van der Waals surface area (Å²) in [4.78, 5) is 0. The summed E-state index contributed by atoms with van der Waals surface area (Å²) < 4.78 is 44.6. The van der Waals surface area contributed by atoms with Crippen LogP contribution in [0.3, 0.4) is 0 Å². The van der Waals surface area contributed by atoms with Crippen LogP contribution in [0.4, 0.5) is 13.2 Å². The summed E-state index contributed by atoms with van der Waals surface area (Å²) >= 11 is 0. The molecule has 1 aliphatic rings. The predicted molar refractivity (Wildman–Crippen MR) is 50.8 cm³/mol. The van der Waals surface area contributed by atoms with Crippen molar-refractivity contribution in [1.82, 2.24) is 0 Å². The molecule has 1 N–H and O–H groups in total. The lowest BCUT2D eigenvalue weighted by atomic mass is 10.0. The summed E-state index contributed by atoms with van der Waals surface area (Å²) in [6.45, 7) is -0.756. The molecule has 16 heavy (non-hydrogen) atoms. The van der Waals surface area contributed by atoms with Crippen molar-refractivity contribution in [3.63, 3.8) is 0 Å². The van der Waals surface area contributed by atoms with Crippen molar-refractivity contribution in [2.24, 2.45) is 0 Å². The number of aliphatic hydroxyl groups excluding tert-OH is 1. The second-order valence-electron chi connectivity index (χ2n) is 3.64. The van der Waals surface area contributed by atoms with Gasteiger partial charge in [0.05, 0.1) is 19.0 Å². The average molecular weight is 240 g/mol. The fraction of sp³-hybridized carbons (Fsp3) is 0.800. The molecule has 0 fully saturated rings. The predicted octanol–water partition coefficient (Wildman–Crippen LogP) is 2.01. The quantitative estimate of drug-likeness (QED) is 0.747. The molecule has 0 saturated carbocycles. The highest BCUT2D eigenvalue weighted by Gasteiger charge is 2.27. The zero-order valence-electron chi connectivity index (χ0n) is 8.79. The van der Waals surface area contributed by atoms with Crippen molar-refractivity contribution < 1.29 is 27.8 Å². The number of rotatable bonds is 5.